The molecular weight excluding hydrogens is 233 g/mol. The monoisotopic (exact) mass is 253 g/mol. The number of esters is 1. The maximum atomic E-state index is 11.9. The van der Waals surface area contributed by atoms with Gasteiger partial charge in [-0.3, -0.25) is 9.36 Å². The minimum absolute atomic E-state index is 0.0944. The van der Waals surface area contributed by atoms with Crippen LogP contribution in [0.15, 0.2) is 0 Å². The van der Waals surface area contributed by atoms with Crippen LogP contribution in [-0.2, 0) is 23.4 Å². The lowest BCUT2D eigenvalue weighted by atomic mass is 10.4. The van der Waals surface area contributed by atoms with E-state index in [0.29, 0.717) is 0 Å². The molecule has 1 unspecified atom stereocenters. The highest BCUT2D eigenvalue weighted by Crippen LogP contribution is 2.41. The van der Waals surface area contributed by atoms with Crippen molar-refractivity contribution in [2.24, 2.45) is 0 Å². The zero-order valence-electron chi connectivity index (χ0n) is 10.4. The molecule has 6 nitrogen and oxygen atoms in total. The molecule has 0 aromatic carbocycles. The summed E-state index contributed by atoms with van der Waals surface area (Å²) in [6, 6.07) is -0.705. The fourth-order valence-corrected chi connectivity index (χ4v) is 2.32. The number of hydrogen-bond donors (Lipinski definition) is 1. The Morgan fingerprint density at radius 1 is 1.31 bits per heavy atom. The van der Waals surface area contributed by atoms with E-state index in [-0.39, 0.29) is 12.5 Å². The minimum Gasteiger partial charge on any atom is -0.462 e. The molecule has 0 amide bonds. The van der Waals surface area contributed by atoms with Gasteiger partial charge in [0.25, 0.3) is 7.52 Å². The second-order valence-electron chi connectivity index (χ2n) is 3.61. The van der Waals surface area contributed by atoms with Crippen molar-refractivity contribution < 1.29 is 23.4 Å². The van der Waals surface area contributed by atoms with E-state index in [9.17, 15) is 9.36 Å². The zero-order chi connectivity index (χ0) is 12.8. The Kier molecular flexibility index (Phi) is 6.83. The molecular formula is C9H20NO5P. The van der Waals surface area contributed by atoms with Gasteiger partial charge in [-0.1, -0.05) is 0 Å². The van der Waals surface area contributed by atoms with E-state index < -0.39 is 19.5 Å². The normalized spacial score (nSPS) is 16.9. The van der Waals surface area contributed by atoms with Gasteiger partial charge < -0.3 is 14.0 Å². The summed E-state index contributed by atoms with van der Waals surface area (Å²) < 4.78 is 26.5. The molecule has 0 aliphatic carbocycles. The van der Waals surface area contributed by atoms with Crippen molar-refractivity contribution in [2.45, 2.75) is 32.9 Å². The molecule has 1 N–H and O–H groups in total. The van der Waals surface area contributed by atoms with Crippen LogP contribution >= 0.6 is 7.52 Å². The van der Waals surface area contributed by atoms with E-state index >= 15 is 0 Å². The molecule has 0 aliphatic rings. The van der Waals surface area contributed by atoms with E-state index in [0.717, 1.165) is 0 Å². The maximum absolute atomic E-state index is 11.9. The third kappa shape index (κ3) is 5.61. The van der Waals surface area contributed by atoms with Crippen molar-refractivity contribution in [3.63, 3.8) is 0 Å². The Labute approximate surface area is 96.1 Å². The highest BCUT2D eigenvalue weighted by molar-refractivity contribution is 7.56. The van der Waals surface area contributed by atoms with Gasteiger partial charge in [0.1, 0.15) is 12.4 Å². The topological polar surface area (TPSA) is 73.9 Å². The summed E-state index contributed by atoms with van der Waals surface area (Å²) in [6.07, 6.45) is -0.302. The number of nitrogens with one attached hydrogen (secondary N) is 1. The van der Waals surface area contributed by atoms with Gasteiger partial charge in [-0.05, 0) is 20.8 Å². The van der Waals surface area contributed by atoms with Gasteiger partial charge in [-0.2, -0.15) is 0 Å². The first kappa shape index (κ1) is 15.6. The molecule has 0 aliphatic heterocycles. The Balaban J connectivity index is 4.35. The van der Waals surface area contributed by atoms with Gasteiger partial charge in [-0.15, -0.1) is 0 Å². The summed E-state index contributed by atoms with van der Waals surface area (Å²) >= 11 is 0. The first-order chi connectivity index (χ1) is 7.34. The predicted octanol–water partition coefficient (Wildman–Crippen LogP) is 1.36. The minimum atomic E-state index is -3.13. The number of carbonyl (C=O) groups excluding carboxylic acids is 1. The Morgan fingerprint density at radius 3 is 2.25 bits per heavy atom. The van der Waals surface area contributed by atoms with E-state index in [1.807, 2.05) is 0 Å². The lowest BCUT2D eigenvalue weighted by Gasteiger charge is -2.21. The smallest absolute Gasteiger partial charge is 0.323 e. The van der Waals surface area contributed by atoms with Gasteiger partial charge in [0.2, 0.25) is 0 Å². The van der Waals surface area contributed by atoms with Crippen LogP contribution < -0.4 is 5.09 Å². The third-order valence-corrected chi connectivity index (χ3v) is 3.66. The average Bonchev–Trinajstić information content (AvgIpc) is 2.17. The number of hydrogen-bond acceptors (Lipinski definition) is 5. The van der Waals surface area contributed by atoms with E-state index in [1.165, 1.54) is 14.2 Å². The quantitative estimate of drug-likeness (QED) is 0.545. The number of carbonyl (C=O) groups is 1. The molecule has 0 rings (SSSR count). The molecule has 7 heteroatoms. The molecule has 0 radical (unpaired) electrons. The van der Waals surface area contributed by atoms with Crippen molar-refractivity contribution in [2.75, 3.05) is 20.6 Å². The van der Waals surface area contributed by atoms with Crippen LogP contribution in [0, 0.1) is 0 Å². The van der Waals surface area contributed by atoms with Crippen molar-refractivity contribution >= 4 is 13.5 Å². The van der Waals surface area contributed by atoms with E-state index in [4.69, 9.17) is 14.0 Å². The molecule has 0 heterocycles. The lowest BCUT2D eigenvalue weighted by Crippen LogP contribution is -2.35. The Hall–Kier alpha value is -0.420. The van der Waals surface area contributed by atoms with Crippen molar-refractivity contribution in [3.8, 4) is 0 Å². The summed E-state index contributed by atoms with van der Waals surface area (Å²) in [7, 11) is -0.421. The maximum Gasteiger partial charge on any atom is 0.323 e. The van der Waals surface area contributed by atoms with E-state index in [2.05, 4.69) is 5.09 Å². The largest absolute Gasteiger partial charge is 0.462 e. The predicted molar refractivity (Wildman–Crippen MR) is 60.3 cm³/mol. The van der Waals surface area contributed by atoms with Gasteiger partial charge in [0.05, 0.1) is 6.10 Å². The van der Waals surface area contributed by atoms with Gasteiger partial charge in [0.15, 0.2) is 0 Å². The van der Waals surface area contributed by atoms with Crippen molar-refractivity contribution in [1.82, 2.24) is 5.09 Å². The second kappa shape index (κ2) is 7.01. The highest BCUT2D eigenvalue weighted by Gasteiger charge is 2.28. The highest BCUT2D eigenvalue weighted by atomic mass is 31.2. The van der Waals surface area contributed by atoms with Gasteiger partial charge in [-0.25, -0.2) is 5.09 Å². The molecule has 0 fully saturated rings. The summed E-state index contributed by atoms with van der Waals surface area (Å²) in [5.74, 6) is -0.469. The molecule has 16 heavy (non-hydrogen) atoms. The second-order valence-corrected chi connectivity index (χ2v) is 5.84. The summed E-state index contributed by atoms with van der Waals surface area (Å²) in [5.41, 5.74) is 0. The van der Waals surface area contributed by atoms with Crippen LogP contribution in [0.4, 0.5) is 0 Å². The fraction of sp³-hybridized carbons (Fsp3) is 0.889. The molecule has 0 saturated carbocycles. The summed E-state index contributed by atoms with van der Waals surface area (Å²) in [5, 5.41) is 2.58. The number of ether oxygens (including phenoxy) is 2. The van der Waals surface area contributed by atoms with Crippen molar-refractivity contribution in [3.05, 3.63) is 0 Å². The zero-order valence-corrected chi connectivity index (χ0v) is 11.2. The molecule has 2 atom stereocenters. The van der Waals surface area contributed by atoms with E-state index in [1.54, 1.807) is 20.8 Å². The Bertz CT molecular complexity index is 269. The van der Waals surface area contributed by atoms with Crippen LogP contribution in [-0.4, -0.2) is 38.7 Å². The van der Waals surface area contributed by atoms with Crippen LogP contribution in [0.2, 0.25) is 0 Å². The fourth-order valence-electron chi connectivity index (χ4n) is 0.995. The number of rotatable bonds is 7. The summed E-state index contributed by atoms with van der Waals surface area (Å²) in [4.78, 5) is 11.4. The van der Waals surface area contributed by atoms with Crippen LogP contribution in [0.1, 0.15) is 20.8 Å². The first-order valence-corrected chi connectivity index (χ1v) is 6.77. The summed E-state index contributed by atoms with van der Waals surface area (Å²) in [6.45, 7) is 5.05. The average molecular weight is 253 g/mol. The van der Waals surface area contributed by atoms with Crippen LogP contribution in [0.25, 0.3) is 0 Å². The molecule has 96 valence electrons. The third-order valence-electron chi connectivity index (χ3n) is 1.69. The molecule has 0 aromatic heterocycles. The van der Waals surface area contributed by atoms with Crippen LogP contribution in [0.3, 0.4) is 0 Å². The SMILES string of the molecule is COCP(=O)(N[C@@H](C)C(=O)OC(C)C)OC. The Morgan fingerprint density at radius 2 is 1.88 bits per heavy atom. The van der Waals surface area contributed by atoms with Crippen molar-refractivity contribution in [1.29, 1.82) is 0 Å². The van der Waals surface area contributed by atoms with Gasteiger partial charge in [0, 0.05) is 14.2 Å². The number of methoxy groups -OCH3 is 1. The lowest BCUT2D eigenvalue weighted by molar-refractivity contribution is -0.149. The molecule has 0 bridgehead atoms. The van der Waals surface area contributed by atoms with Crippen LogP contribution in [0.5, 0.6) is 0 Å². The molecule has 0 aromatic rings. The molecule has 0 saturated heterocycles. The first-order valence-electron chi connectivity index (χ1n) is 4.96. The molecule has 0 spiro atoms. The standard InChI is InChI=1S/C9H20NO5P/c1-7(2)15-9(11)8(3)10-16(12,14-5)6-13-4/h7-8H,6H2,1-5H3,(H,10,12)/t8-,16?/m0/s1. The van der Waals surface area contributed by atoms with Gasteiger partial charge >= 0.3 is 5.97 Å².